The molecular formula is C12H16N2O2. The van der Waals surface area contributed by atoms with E-state index in [4.69, 9.17) is 4.74 Å². The van der Waals surface area contributed by atoms with Crippen molar-refractivity contribution in [1.29, 1.82) is 0 Å². The molecule has 1 atom stereocenters. The molecule has 1 spiro atoms. The van der Waals surface area contributed by atoms with Crippen molar-refractivity contribution >= 4 is 6.09 Å². The van der Waals surface area contributed by atoms with Crippen LogP contribution in [-0.2, 0) is 4.74 Å². The first-order valence-electron chi connectivity index (χ1n) is 5.88. The molecule has 2 aliphatic heterocycles. The SMILES string of the molecule is O=C1NC2=CC=CCC2C2(CCNCC2)O1. The topological polar surface area (TPSA) is 50.4 Å². The van der Waals surface area contributed by atoms with Crippen LogP contribution in [0, 0.1) is 5.92 Å². The maximum absolute atomic E-state index is 11.6. The molecule has 1 amide bonds. The van der Waals surface area contributed by atoms with E-state index in [9.17, 15) is 4.79 Å². The number of fused-ring (bicyclic) bond motifs is 2. The maximum Gasteiger partial charge on any atom is 0.411 e. The summed E-state index contributed by atoms with van der Waals surface area (Å²) >= 11 is 0. The van der Waals surface area contributed by atoms with Crippen molar-refractivity contribution in [3.8, 4) is 0 Å². The number of allylic oxidation sites excluding steroid dienone is 3. The summed E-state index contributed by atoms with van der Waals surface area (Å²) in [5.41, 5.74) is 0.755. The Bertz CT molecular complexity index is 367. The zero-order valence-corrected chi connectivity index (χ0v) is 9.16. The zero-order chi connectivity index (χ0) is 11.0. The van der Waals surface area contributed by atoms with Gasteiger partial charge in [-0.3, -0.25) is 5.32 Å². The van der Waals surface area contributed by atoms with Crippen LogP contribution in [0.25, 0.3) is 0 Å². The third-order valence-electron chi connectivity index (χ3n) is 3.79. The molecule has 0 aromatic carbocycles. The molecule has 1 aliphatic carbocycles. The molecule has 2 N–H and O–H groups in total. The van der Waals surface area contributed by atoms with E-state index in [-0.39, 0.29) is 11.7 Å². The average Bonchev–Trinajstić information content (AvgIpc) is 2.30. The van der Waals surface area contributed by atoms with Gasteiger partial charge in [0.2, 0.25) is 0 Å². The lowest BCUT2D eigenvalue weighted by molar-refractivity contribution is -0.0604. The van der Waals surface area contributed by atoms with Gasteiger partial charge >= 0.3 is 6.09 Å². The van der Waals surface area contributed by atoms with E-state index < -0.39 is 0 Å². The smallest absolute Gasteiger partial charge is 0.411 e. The number of rotatable bonds is 0. The Labute approximate surface area is 94.7 Å². The number of nitrogens with one attached hydrogen (secondary N) is 2. The molecule has 1 unspecified atom stereocenters. The van der Waals surface area contributed by atoms with Gasteiger partial charge in [-0.25, -0.2) is 4.79 Å². The van der Waals surface area contributed by atoms with Crippen LogP contribution >= 0.6 is 0 Å². The van der Waals surface area contributed by atoms with Gasteiger partial charge in [-0.15, -0.1) is 0 Å². The van der Waals surface area contributed by atoms with Crippen molar-refractivity contribution in [2.45, 2.75) is 24.9 Å². The summed E-state index contributed by atoms with van der Waals surface area (Å²) in [6.45, 7) is 1.86. The van der Waals surface area contributed by atoms with Gasteiger partial charge in [0.05, 0.1) is 0 Å². The number of hydrogen-bond acceptors (Lipinski definition) is 3. The fraction of sp³-hybridized carbons (Fsp3) is 0.583. The van der Waals surface area contributed by atoms with E-state index in [2.05, 4.69) is 16.7 Å². The molecule has 0 saturated carbocycles. The molecular weight excluding hydrogens is 204 g/mol. The van der Waals surface area contributed by atoms with Crippen molar-refractivity contribution in [3.05, 3.63) is 23.9 Å². The molecule has 4 nitrogen and oxygen atoms in total. The summed E-state index contributed by atoms with van der Waals surface area (Å²) < 4.78 is 5.62. The van der Waals surface area contributed by atoms with Gasteiger partial charge in [-0.05, 0) is 25.6 Å². The first-order valence-corrected chi connectivity index (χ1v) is 5.88. The number of carbonyl (C=O) groups is 1. The van der Waals surface area contributed by atoms with Gasteiger partial charge in [-0.1, -0.05) is 12.2 Å². The van der Waals surface area contributed by atoms with Crippen LogP contribution in [0.3, 0.4) is 0 Å². The molecule has 0 radical (unpaired) electrons. The highest BCUT2D eigenvalue weighted by Crippen LogP contribution is 2.41. The number of hydrogen-bond donors (Lipinski definition) is 2. The van der Waals surface area contributed by atoms with E-state index in [0.29, 0.717) is 5.92 Å². The monoisotopic (exact) mass is 220 g/mol. The van der Waals surface area contributed by atoms with Gasteiger partial charge in [0.1, 0.15) is 5.60 Å². The predicted octanol–water partition coefficient (Wildman–Crippen LogP) is 1.31. The molecule has 86 valence electrons. The summed E-state index contributed by atoms with van der Waals surface area (Å²) in [7, 11) is 0. The summed E-state index contributed by atoms with van der Waals surface area (Å²) in [4.78, 5) is 11.6. The fourth-order valence-electron chi connectivity index (χ4n) is 2.96. The number of amides is 1. The minimum atomic E-state index is -0.292. The van der Waals surface area contributed by atoms with Gasteiger partial charge in [-0.2, -0.15) is 0 Å². The standard InChI is InChI=1S/C12H16N2O2/c15-11-14-10-4-2-1-3-9(10)12(16-11)5-7-13-8-6-12/h1-2,4,9,13H,3,5-8H2,(H,14,15). The van der Waals surface area contributed by atoms with Crippen molar-refractivity contribution in [3.63, 3.8) is 0 Å². The first kappa shape index (κ1) is 9.90. The van der Waals surface area contributed by atoms with Crippen LogP contribution in [0.4, 0.5) is 4.79 Å². The Hall–Kier alpha value is -1.29. The van der Waals surface area contributed by atoms with Gasteiger partial charge in [0, 0.05) is 24.5 Å². The summed E-state index contributed by atoms with van der Waals surface area (Å²) in [5.74, 6) is 0.317. The molecule has 2 saturated heterocycles. The van der Waals surface area contributed by atoms with E-state index >= 15 is 0 Å². The third kappa shape index (κ3) is 1.45. The predicted molar refractivity (Wildman–Crippen MR) is 59.8 cm³/mol. The van der Waals surface area contributed by atoms with Crippen LogP contribution in [0.15, 0.2) is 23.9 Å². The normalized spacial score (nSPS) is 31.4. The lowest BCUT2D eigenvalue weighted by Gasteiger charge is -2.47. The molecule has 3 rings (SSSR count). The van der Waals surface area contributed by atoms with Crippen LogP contribution in [-0.4, -0.2) is 24.8 Å². The molecule has 2 heterocycles. The van der Waals surface area contributed by atoms with Crippen LogP contribution in [0.1, 0.15) is 19.3 Å². The van der Waals surface area contributed by atoms with E-state index in [0.717, 1.165) is 38.0 Å². The molecule has 0 bridgehead atoms. The highest BCUT2D eigenvalue weighted by molar-refractivity contribution is 5.72. The third-order valence-corrected chi connectivity index (χ3v) is 3.79. The maximum atomic E-state index is 11.6. The van der Waals surface area contributed by atoms with E-state index in [1.54, 1.807) is 0 Å². The first-order chi connectivity index (χ1) is 7.80. The van der Waals surface area contributed by atoms with Gasteiger partial charge < -0.3 is 10.1 Å². The lowest BCUT2D eigenvalue weighted by atomic mass is 9.74. The Kier molecular flexibility index (Phi) is 2.24. The average molecular weight is 220 g/mol. The van der Waals surface area contributed by atoms with Crippen molar-refractivity contribution in [2.24, 2.45) is 5.92 Å². The van der Waals surface area contributed by atoms with Crippen LogP contribution in [0.5, 0.6) is 0 Å². The molecule has 2 fully saturated rings. The van der Waals surface area contributed by atoms with Crippen molar-refractivity contribution < 1.29 is 9.53 Å². The summed E-state index contributed by atoms with van der Waals surface area (Å²) in [6.07, 6.45) is 8.65. The van der Waals surface area contributed by atoms with Gasteiger partial charge in [0.25, 0.3) is 0 Å². The Morgan fingerprint density at radius 2 is 2.19 bits per heavy atom. The number of alkyl carbamates (subject to hydrolysis) is 1. The summed E-state index contributed by atoms with van der Waals surface area (Å²) in [6, 6.07) is 0. The number of piperidine rings is 1. The fourth-order valence-corrected chi connectivity index (χ4v) is 2.96. The highest BCUT2D eigenvalue weighted by atomic mass is 16.6. The summed E-state index contributed by atoms with van der Waals surface area (Å²) in [5, 5.41) is 6.14. The number of ether oxygens (including phenoxy) is 1. The Morgan fingerprint density at radius 1 is 1.38 bits per heavy atom. The molecule has 16 heavy (non-hydrogen) atoms. The quantitative estimate of drug-likeness (QED) is 0.647. The van der Waals surface area contributed by atoms with E-state index in [1.807, 2.05) is 12.2 Å². The Balaban J connectivity index is 1.94. The molecule has 0 aromatic rings. The molecule has 4 heteroatoms. The largest absolute Gasteiger partial charge is 0.442 e. The second kappa shape index (κ2) is 3.63. The second-order valence-electron chi connectivity index (χ2n) is 4.67. The second-order valence-corrected chi connectivity index (χ2v) is 4.67. The lowest BCUT2D eigenvalue weighted by Crippen LogP contribution is -2.57. The van der Waals surface area contributed by atoms with Crippen molar-refractivity contribution in [1.82, 2.24) is 10.6 Å². The Morgan fingerprint density at radius 3 is 3.00 bits per heavy atom. The van der Waals surface area contributed by atoms with Gasteiger partial charge in [0.15, 0.2) is 0 Å². The van der Waals surface area contributed by atoms with Crippen LogP contribution in [0.2, 0.25) is 0 Å². The highest BCUT2D eigenvalue weighted by Gasteiger charge is 2.48. The number of carbonyl (C=O) groups excluding carboxylic acids is 1. The van der Waals surface area contributed by atoms with E-state index in [1.165, 1.54) is 0 Å². The van der Waals surface area contributed by atoms with Crippen molar-refractivity contribution in [2.75, 3.05) is 13.1 Å². The molecule has 3 aliphatic rings. The van der Waals surface area contributed by atoms with Crippen LogP contribution < -0.4 is 10.6 Å². The minimum Gasteiger partial charge on any atom is -0.442 e. The minimum absolute atomic E-state index is 0.274. The molecule has 0 aromatic heterocycles. The zero-order valence-electron chi connectivity index (χ0n) is 9.16.